The summed E-state index contributed by atoms with van der Waals surface area (Å²) in [4.78, 5) is 21.7. The fraction of sp³-hybridized carbons (Fsp3) is 0.714. The van der Waals surface area contributed by atoms with E-state index in [0.717, 1.165) is 38.3 Å². The highest BCUT2D eigenvalue weighted by Crippen LogP contribution is 2.26. The molecule has 20 heavy (non-hydrogen) atoms. The molecule has 1 amide bonds. The van der Waals surface area contributed by atoms with Crippen molar-refractivity contribution < 1.29 is 9.53 Å². The van der Waals surface area contributed by atoms with Crippen molar-refractivity contribution in [3.8, 4) is 0 Å². The molecule has 0 unspecified atom stereocenters. The van der Waals surface area contributed by atoms with Gasteiger partial charge in [0.15, 0.2) is 0 Å². The normalized spacial score (nSPS) is 28.3. The number of rotatable bonds is 2. The van der Waals surface area contributed by atoms with Crippen LogP contribution in [0.25, 0.3) is 0 Å². The second-order valence-electron chi connectivity index (χ2n) is 5.77. The van der Waals surface area contributed by atoms with Gasteiger partial charge in [0.1, 0.15) is 6.61 Å². The fourth-order valence-corrected chi connectivity index (χ4v) is 3.87. The van der Waals surface area contributed by atoms with E-state index in [4.69, 9.17) is 4.74 Å². The summed E-state index contributed by atoms with van der Waals surface area (Å²) in [5, 5.41) is 0. The highest BCUT2D eigenvalue weighted by Gasteiger charge is 2.34. The molecule has 110 valence electrons. The Labute approximate surface area is 123 Å². The first-order valence-corrected chi connectivity index (χ1v) is 7.98. The van der Waals surface area contributed by atoms with Crippen molar-refractivity contribution in [1.29, 1.82) is 0 Å². The summed E-state index contributed by atoms with van der Waals surface area (Å²) in [6.45, 7) is 6.13. The van der Waals surface area contributed by atoms with Gasteiger partial charge in [-0.3, -0.25) is 9.69 Å². The molecule has 2 aliphatic rings. The van der Waals surface area contributed by atoms with Gasteiger partial charge in [0.25, 0.3) is 0 Å². The van der Waals surface area contributed by atoms with Gasteiger partial charge in [0.2, 0.25) is 5.91 Å². The number of carbonyl (C=O) groups is 1. The van der Waals surface area contributed by atoms with E-state index in [9.17, 15) is 4.79 Å². The summed E-state index contributed by atoms with van der Waals surface area (Å²) in [5.74, 6) is 0.526. The molecule has 0 aliphatic carbocycles. The second kappa shape index (κ2) is 5.79. The Morgan fingerprint density at radius 3 is 3.10 bits per heavy atom. The number of likely N-dealkylation sites (tertiary alicyclic amines) is 1. The molecule has 3 heterocycles. The molecular formula is C14H21N3O2S. The third kappa shape index (κ3) is 2.87. The molecule has 1 aromatic rings. The molecule has 2 atom stereocenters. The van der Waals surface area contributed by atoms with Crippen molar-refractivity contribution in [2.75, 3.05) is 33.3 Å². The van der Waals surface area contributed by atoms with Gasteiger partial charge in [0.05, 0.1) is 17.3 Å². The lowest BCUT2D eigenvalue weighted by atomic mass is 9.94. The van der Waals surface area contributed by atoms with Gasteiger partial charge in [-0.1, -0.05) is 0 Å². The topological polar surface area (TPSA) is 45.7 Å². The zero-order chi connectivity index (χ0) is 14.1. The quantitative estimate of drug-likeness (QED) is 0.820. The number of thiazole rings is 1. The Hall–Kier alpha value is -0.980. The minimum atomic E-state index is 0.101. The van der Waals surface area contributed by atoms with Gasteiger partial charge in [0, 0.05) is 44.0 Å². The van der Waals surface area contributed by atoms with E-state index in [0.29, 0.717) is 5.92 Å². The lowest BCUT2D eigenvalue weighted by molar-refractivity contribution is -0.133. The van der Waals surface area contributed by atoms with Crippen molar-refractivity contribution in [2.45, 2.75) is 26.0 Å². The summed E-state index contributed by atoms with van der Waals surface area (Å²) in [5.41, 5.74) is 3.06. The zero-order valence-corrected chi connectivity index (χ0v) is 12.9. The van der Waals surface area contributed by atoms with Crippen molar-refractivity contribution in [3.05, 3.63) is 16.1 Å². The molecule has 0 spiro atoms. The van der Waals surface area contributed by atoms with Gasteiger partial charge in [-0.25, -0.2) is 4.98 Å². The van der Waals surface area contributed by atoms with Crippen molar-refractivity contribution in [1.82, 2.24) is 14.8 Å². The summed E-state index contributed by atoms with van der Waals surface area (Å²) in [6.07, 6.45) is 1.26. The van der Waals surface area contributed by atoms with E-state index in [1.54, 1.807) is 11.3 Å². The van der Waals surface area contributed by atoms with E-state index in [2.05, 4.69) is 16.8 Å². The Bertz CT molecular complexity index is 491. The summed E-state index contributed by atoms with van der Waals surface area (Å²) in [6, 6.07) is 0. The molecule has 3 rings (SSSR count). The molecular weight excluding hydrogens is 274 g/mol. The number of hydrogen-bond donors (Lipinski definition) is 0. The van der Waals surface area contributed by atoms with Crippen LogP contribution in [0.1, 0.15) is 17.0 Å². The number of fused-ring (bicyclic) bond motifs is 1. The molecule has 0 aromatic carbocycles. The highest BCUT2D eigenvalue weighted by atomic mass is 32.1. The number of carbonyl (C=O) groups excluding carboxylic acids is 1. The van der Waals surface area contributed by atoms with Crippen LogP contribution in [0.3, 0.4) is 0 Å². The Kier molecular flexibility index (Phi) is 4.05. The van der Waals surface area contributed by atoms with E-state index in [1.807, 2.05) is 17.5 Å². The van der Waals surface area contributed by atoms with E-state index < -0.39 is 0 Å². The van der Waals surface area contributed by atoms with Crippen LogP contribution in [0, 0.1) is 12.8 Å². The maximum Gasteiger partial charge on any atom is 0.248 e. The first kappa shape index (κ1) is 14.0. The maximum atomic E-state index is 11.7. The van der Waals surface area contributed by atoms with Gasteiger partial charge < -0.3 is 9.64 Å². The summed E-state index contributed by atoms with van der Waals surface area (Å²) in [7, 11) is 1.88. The van der Waals surface area contributed by atoms with Crippen molar-refractivity contribution >= 4 is 17.2 Å². The van der Waals surface area contributed by atoms with Crippen molar-refractivity contribution in [3.63, 3.8) is 0 Å². The Balaban J connectivity index is 1.64. The SMILES string of the molecule is Cc1ncsc1CN1CC[C@@H]2OCC(=O)N(C)C[C@H]2C1. The molecule has 2 fully saturated rings. The van der Waals surface area contributed by atoms with E-state index >= 15 is 0 Å². The molecule has 0 bridgehead atoms. The predicted octanol–water partition coefficient (Wildman–Crippen LogP) is 1.13. The number of ether oxygens (including phenoxy) is 1. The predicted molar refractivity (Wildman–Crippen MR) is 77.6 cm³/mol. The number of likely N-dealkylation sites (N-methyl/N-ethyl adjacent to an activating group) is 1. The number of aromatic nitrogens is 1. The van der Waals surface area contributed by atoms with E-state index in [-0.39, 0.29) is 18.6 Å². The third-order valence-corrected chi connectivity index (χ3v) is 5.24. The van der Waals surface area contributed by atoms with Crippen LogP contribution >= 0.6 is 11.3 Å². The minimum absolute atomic E-state index is 0.101. The van der Waals surface area contributed by atoms with Crippen LogP contribution in [0.2, 0.25) is 0 Å². The molecule has 0 radical (unpaired) electrons. The lowest BCUT2D eigenvalue weighted by Crippen LogP contribution is -2.46. The van der Waals surface area contributed by atoms with Gasteiger partial charge in [-0.2, -0.15) is 0 Å². The molecule has 2 saturated heterocycles. The summed E-state index contributed by atoms with van der Waals surface area (Å²) >= 11 is 1.73. The Morgan fingerprint density at radius 1 is 1.50 bits per heavy atom. The first-order chi connectivity index (χ1) is 9.63. The smallest absolute Gasteiger partial charge is 0.248 e. The lowest BCUT2D eigenvalue weighted by Gasteiger charge is -2.37. The molecule has 1 aromatic heterocycles. The number of aryl methyl sites for hydroxylation is 1. The van der Waals surface area contributed by atoms with Crippen molar-refractivity contribution in [2.24, 2.45) is 5.92 Å². The van der Waals surface area contributed by atoms with Crippen LogP contribution in [0.5, 0.6) is 0 Å². The van der Waals surface area contributed by atoms with Crippen LogP contribution in [-0.2, 0) is 16.1 Å². The number of amides is 1. The first-order valence-electron chi connectivity index (χ1n) is 7.10. The fourth-order valence-electron chi connectivity index (χ4n) is 3.05. The molecule has 5 nitrogen and oxygen atoms in total. The second-order valence-corrected chi connectivity index (χ2v) is 6.71. The van der Waals surface area contributed by atoms with Crippen LogP contribution < -0.4 is 0 Å². The maximum absolute atomic E-state index is 11.7. The summed E-state index contributed by atoms with van der Waals surface area (Å²) < 4.78 is 5.77. The highest BCUT2D eigenvalue weighted by molar-refractivity contribution is 7.09. The van der Waals surface area contributed by atoms with Gasteiger partial charge in [-0.15, -0.1) is 11.3 Å². The van der Waals surface area contributed by atoms with Crippen LogP contribution in [0.4, 0.5) is 0 Å². The van der Waals surface area contributed by atoms with Crippen LogP contribution in [0.15, 0.2) is 5.51 Å². The minimum Gasteiger partial charge on any atom is -0.368 e. The van der Waals surface area contributed by atoms with Gasteiger partial charge in [-0.05, 0) is 13.3 Å². The van der Waals surface area contributed by atoms with Gasteiger partial charge >= 0.3 is 0 Å². The molecule has 2 aliphatic heterocycles. The number of nitrogens with zero attached hydrogens (tertiary/aromatic N) is 3. The number of piperidine rings is 1. The average molecular weight is 295 g/mol. The number of hydrogen-bond acceptors (Lipinski definition) is 5. The monoisotopic (exact) mass is 295 g/mol. The largest absolute Gasteiger partial charge is 0.368 e. The molecule has 0 saturated carbocycles. The average Bonchev–Trinajstić information content (AvgIpc) is 2.76. The van der Waals surface area contributed by atoms with E-state index in [1.165, 1.54) is 4.88 Å². The molecule has 6 heteroatoms. The molecule has 0 N–H and O–H groups in total. The zero-order valence-electron chi connectivity index (χ0n) is 12.0. The van der Waals surface area contributed by atoms with Crippen LogP contribution in [-0.4, -0.2) is 60.1 Å². The standard InChI is InChI=1S/C14H21N3O2S/c1-10-13(20-9-15-10)7-17-4-3-12-11(6-17)5-16(2)14(18)8-19-12/h9,11-12H,3-8H2,1-2H3/t11-,12-/m0/s1. The third-order valence-electron chi connectivity index (χ3n) is 4.32. The Morgan fingerprint density at radius 2 is 2.35 bits per heavy atom.